The van der Waals surface area contributed by atoms with Gasteiger partial charge in [-0.25, -0.2) is 14.6 Å². The van der Waals surface area contributed by atoms with E-state index in [-0.39, 0.29) is 5.75 Å². The van der Waals surface area contributed by atoms with Gasteiger partial charge in [-0.1, -0.05) is 12.1 Å². The highest BCUT2D eigenvalue weighted by Gasteiger charge is 2.32. The summed E-state index contributed by atoms with van der Waals surface area (Å²) in [5.74, 6) is 1.82. The summed E-state index contributed by atoms with van der Waals surface area (Å²) in [7, 11) is 1.54. The fraction of sp³-hybridized carbons (Fsp3) is 0.346. The van der Waals surface area contributed by atoms with Crippen molar-refractivity contribution in [3.8, 4) is 17.2 Å². The molecule has 0 aliphatic carbocycles. The molecule has 1 N–H and O–H groups in total. The number of carboxylic acid groups (broad SMARTS) is 1. The van der Waals surface area contributed by atoms with Crippen molar-refractivity contribution < 1.29 is 33.3 Å². The van der Waals surface area contributed by atoms with Crippen molar-refractivity contribution in [2.24, 2.45) is 0 Å². The molecule has 186 valence electrons. The second-order valence-electron chi connectivity index (χ2n) is 8.04. The van der Waals surface area contributed by atoms with Crippen LogP contribution in [0.1, 0.15) is 42.8 Å². The quantitative estimate of drug-likeness (QED) is 0.432. The number of benzene rings is 2. The van der Waals surface area contributed by atoms with E-state index in [9.17, 15) is 14.7 Å². The van der Waals surface area contributed by atoms with Gasteiger partial charge in [0.1, 0.15) is 29.1 Å². The van der Waals surface area contributed by atoms with Crippen LogP contribution in [0.3, 0.4) is 0 Å². The van der Waals surface area contributed by atoms with Crippen LogP contribution in [0.15, 0.2) is 52.9 Å². The fourth-order valence-electron chi connectivity index (χ4n) is 3.64. The van der Waals surface area contributed by atoms with Crippen LogP contribution in [0.4, 0.5) is 4.79 Å². The number of carboxylic acids is 1. The normalized spacial score (nSPS) is 12.5. The summed E-state index contributed by atoms with van der Waals surface area (Å²) < 4.78 is 21.8. The predicted molar refractivity (Wildman–Crippen MR) is 128 cm³/mol. The maximum absolute atomic E-state index is 13.0. The summed E-state index contributed by atoms with van der Waals surface area (Å²) >= 11 is 0. The third kappa shape index (κ3) is 6.53. The molecule has 0 saturated carbocycles. The van der Waals surface area contributed by atoms with E-state index in [1.807, 2.05) is 6.92 Å². The Balaban J connectivity index is 1.68. The van der Waals surface area contributed by atoms with Crippen molar-refractivity contribution in [1.82, 2.24) is 9.88 Å². The minimum atomic E-state index is -1.14. The molecular weight excluding hydrogens is 452 g/mol. The van der Waals surface area contributed by atoms with E-state index in [2.05, 4.69) is 4.98 Å². The van der Waals surface area contributed by atoms with E-state index >= 15 is 0 Å². The van der Waals surface area contributed by atoms with Gasteiger partial charge in [0.25, 0.3) is 0 Å². The first kappa shape index (κ1) is 25.6. The van der Waals surface area contributed by atoms with Crippen LogP contribution in [0.2, 0.25) is 0 Å². The number of hydrogen-bond acceptors (Lipinski definition) is 7. The van der Waals surface area contributed by atoms with E-state index in [0.29, 0.717) is 30.4 Å². The smallest absolute Gasteiger partial charge is 0.416 e. The number of rotatable bonds is 10. The van der Waals surface area contributed by atoms with Crippen molar-refractivity contribution in [1.29, 1.82) is 0 Å². The van der Waals surface area contributed by atoms with Crippen LogP contribution in [-0.2, 0) is 11.2 Å². The van der Waals surface area contributed by atoms with Crippen LogP contribution in [0.25, 0.3) is 0 Å². The molecule has 1 aromatic heterocycles. The molecule has 0 saturated heterocycles. The molecule has 0 bridgehead atoms. The first-order valence-electron chi connectivity index (χ1n) is 11.2. The van der Waals surface area contributed by atoms with Crippen LogP contribution in [-0.4, -0.2) is 46.8 Å². The van der Waals surface area contributed by atoms with E-state index < -0.39 is 24.1 Å². The zero-order valence-corrected chi connectivity index (χ0v) is 20.5. The molecule has 1 amide bonds. The fourth-order valence-corrected chi connectivity index (χ4v) is 3.64. The van der Waals surface area contributed by atoms with Crippen molar-refractivity contribution >= 4 is 12.1 Å². The van der Waals surface area contributed by atoms with Gasteiger partial charge in [-0.2, -0.15) is 0 Å². The topological polar surface area (TPSA) is 111 Å². The van der Waals surface area contributed by atoms with E-state index in [0.717, 1.165) is 17.0 Å². The van der Waals surface area contributed by atoms with E-state index in [1.165, 1.54) is 18.9 Å². The molecule has 2 atom stereocenters. The minimum Gasteiger partial charge on any atom is -0.497 e. The number of carbonyl (C=O) groups is 2. The number of aliphatic carboxylic acids is 1. The van der Waals surface area contributed by atoms with Crippen molar-refractivity contribution in [2.45, 2.75) is 46.2 Å². The zero-order valence-electron chi connectivity index (χ0n) is 20.5. The highest BCUT2D eigenvalue weighted by atomic mass is 16.6. The Morgan fingerprint density at radius 1 is 1.00 bits per heavy atom. The largest absolute Gasteiger partial charge is 0.497 e. The number of oxazole rings is 1. The number of carbonyl (C=O) groups excluding carboxylic acids is 1. The van der Waals surface area contributed by atoms with Gasteiger partial charge in [-0.05, 0) is 62.7 Å². The van der Waals surface area contributed by atoms with Crippen molar-refractivity contribution in [2.75, 3.05) is 13.7 Å². The lowest BCUT2D eigenvalue weighted by Gasteiger charge is -2.31. The van der Waals surface area contributed by atoms with Gasteiger partial charge in [-0.3, -0.25) is 4.90 Å². The minimum absolute atomic E-state index is 0.284. The van der Waals surface area contributed by atoms with Crippen LogP contribution in [0.5, 0.6) is 17.2 Å². The predicted octanol–water partition coefficient (Wildman–Crippen LogP) is 4.96. The second-order valence-corrected chi connectivity index (χ2v) is 8.04. The lowest BCUT2D eigenvalue weighted by Crippen LogP contribution is -2.46. The van der Waals surface area contributed by atoms with Crippen molar-refractivity contribution in [3.63, 3.8) is 0 Å². The first-order valence-corrected chi connectivity index (χ1v) is 11.2. The molecule has 35 heavy (non-hydrogen) atoms. The monoisotopic (exact) mass is 482 g/mol. The number of ether oxygens (including phenoxy) is 3. The Kier molecular flexibility index (Phi) is 8.35. The highest BCUT2D eigenvalue weighted by molar-refractivity contribution is 5.81. The van der Waals surface area contributed by atoms with Gasteiger partial charge in [0.05, 0.1) is 25.5 Å². The van der Waals surface area contributed by atoms with Gasteiger partial charge in [0, 0.05) is 13.3 Å². The Hall–Kier alpha value is -4.01. The summed E-state index contributed by atoms with van der Waals surface area (Å²) in [6.07, 6.45) is -0.154. The number of methoxy groups -OCH3 is 1. The molecule has 0 radical (unpaired) electrons. The third-order valence-corrected chi connectivity index (χ3v) is 5.64. The number of nitrogens with zero attached hydrogens (tertiary/aromatic N) is 2. The molecule has 0 aliphatic heterocycles. The number of amides is 1. The molecule has 2 aromatic carbocycles. The van der Waals surface area contributed by atoms with Gasteiger partial charge in [0.15, 0.2) is 5.89 Å². The Morgan fingerprint density at radius 3 is 2.14 bits per heavy atom. The Bertz CT molecular complexity index is 1140. The summed E-state index contributed by atoms with van der Waals surface area (Å²) in [5, 5.41) is 9.59. The molecule has 0 fully saturated rings. The average molecular weight is 483 g/mol. The highest BCUT2D eigenvalue weighted by Crippen LogP contribution is 2.27. The molecule has 3 rings (SSSR count). The SMILES string of the molecule is COc1ccc(OC(=O)N([C@H](C)C(=O)O)[C@H](C)c2ccc(OCCc3nc(C)oc3C)cc2)cc1. The van der Waals surface area contributed by atoms with Gasteiger partial charge in [0.2, 0.25) is 0 Å². The molecular formula is C26H30N2O7. The Labute approximate surface area is 204 Å². The first-order chi connectivity index (χ1) is 16.7. The average Bonchev–Trinajstić information content (AvgIpc) is 3.16. The van der Waals surface area contributed by atoms with Crippen molar-refractivity contribution in [3.05, 3.63) is 71.4 Å². The number of hydrogen-bond donors (Lipinski definition) is 1. The Morgan fingerprint density at radius 2 is 1.60 bits per heavy atom. The standard InChI is InChI=1S/C26H30N2O7/c1-16(20-6-8-22(9-7-20)33-15-14-24-18(3)34-19(4)27-24)28(17(2)25(29)30)26(31)35-23-12-10-21(32-5)11-13-23/h6-13,16-17H,14-15H2,1-5H3,(H,29,30)/t16-,17-/m1/s1. The molecule has 3 aromatic rings. The summed E-state index contributed by atoms with van der Waals surface area (Å²) in [5.41, 5.74) is 1.60. The zero-order chi connectivity index (χ0) is 25.5. The van der Waals surface area contributed by atoms with Gasteiger partial charge >= 0.3 is 12.1 Å². The van der Waals surface area contributed by atoms with Crippen LogP contribution >= 0.6 is 0 Å². The molecule has 9 heteroatoms. The second kappa shape index (κ2) is 11.4. The van der Waals surface area contributed by atoms with Gasteiger partial charge in [-0.15, -0.1) is 0 Å². The summed E-state index contributed by atoms with van der Waals surface area (Å²) in [6.45, 7) is 7.30. The molecule has 9 nitrogen and oxygen atoms in total. The lowest BCUT2D eigenvalue weighted by molar-refractivity contribution is -0.142. The number of aryl methyl sites for hydroxylation is 2. The molecule has 0 aliphatic rings. The van der Waals surface area contributed by atoms with E-state index in [1.54, 1.807) is 62.4 Å². The molecule has 0 unspecified atom stereocenters. The number of aromatic nitrogens is 1. The maximum Gasteiger partial charge on any atom is 0.416 e. The maximum atomic E-state index is 13.0. The van der Waals surface area contributed by atoms with Crippen LogP contribution in [0, 0.1) is 13.8 Å². The summed E-state index contributed by atoms with van der Waals surface area (Å²) in [4.78, 5) is 30.2. The molecule has 0 spiro atoms. The lowest BCUT2D eigenvalue weighted by atomic mass is 10.1. The third-order valence-electron chi connectivity index (χ3n) is 5.64. The summed E-state index contributed by atoms with van der Waals surface area (Å²) in [6, 6.07) is 12.0. The van der Waals surface area contributed by atoms with Crippen LogP contribution < -0.4 is 14.2 Å². The van der Waals surface area contributed by atoms with E-state index in [4.69, 9.17) is 18.6 Å². The van der Waals surface area contributed by atoms with Gasteiger partial charge < -0.3 is 23.7 Å². The molecule has 1 heterocycles.